The van der Waals surface area contributed by atoms with Crippen molar-refractivity contribution >= 4 is 17.3 Å². The predicted molar refractivity (Wildman–Crippen MR) is 78.1 cm³/mol. The van der Waals surface area contributed by atoms with Crippen LogP contribution in [0.4, 0.5) is 5.69 Å². The summed E-state index contributed by atoms with van der Waals surface area (Å²) < 4.78 is 5.53. The molecule has 1 N–H and O–H groups in total. The van der Waals surface area contributed by atoms with Gasteiger partial charge in [0, 0.05) is 11.1 Å². The molecule has 1 aromatic carbocycles. The zero-order valence-electron chi connectivity index (χ0n) is 11.7. The van der Waals surface area contributed by atoms with Crippen LogP contribution in [0, 0.1) is 10.1 Å². The maximum Gasteiger partial charge on any atom is 0.283 e. The number of rotatable bonds is 6. The Hall–Kier alpha value is -1.99. The fourth-order valence-electron chi connectivity index (χ4n) is 1.80. The standard InChI is InChI=1S/C13H15ClN4O3/c1-3-6-15-8(2)12-16-17-13(21-12)10-5-4-9(14)7-11(10)18(19)20/h4-5,7-8,15H,3,6H2,1-2H3. The summed E-state index contributed by atoms with van der Waals surface area (Å²) >= 11 is 5.78. The molecule has 1 aromatic heterocycles. The van der Waals surface area contributed by atoms with Gasteiger partial charge >= 0.3 is 0 Å². The molecule has 0 fully saturated rings. The van der Waals surface area contributed by atoms with E-state index in [-0.39, 0.29) is 28.2 Å². The van der Waals surface area contributed by atoms with E-state index in [1.54, 1.807) is 6.07 Å². The topological polar surface area (TPSA) is 94.1 Å². The fourth-order valence-corrected chi connectivity index (χ4v) is 1.97. The SMILES string of the molecule is CCCNC(C)c1nnc(-c2ccc(Cl)cc2[N+](=O)[O-])o1. The molecule has 0 spiro atoms. The van der Waals surface area contributed by atoms with Gasteiger partial charge in [0.1, 0.15) is 5.56 Å². The molecule has 0 radical (unpaired) electrons. The summed E-state index contributed by atoms with van der Waals surface area (Å²) in [6.07, 6.45) is 0.980. The van der Waals surface area contributed by atoms with E-state index in [4.69, 9.17) is 16.0 Å². The molecule has 0 saturated heterocycles. The number of halogens is 1. The third-order valence-corrected chi connectivity index (χ3v) is 3.13. The van der Waals surface area contributed by atoms with Gasteiger partial charge in [0.15, 0.2) is 0 Å². The summed E-state index contributed by atoms with van der Waals surface area (Å²) in [4.78, 5) is 10.6. The molecule has 0 saturated carbocycles. The number of aromatic nitrogens is 2. The number of nitrogens with one attached hydrogen (secondary N) is 1. The van der Waals surface area contributed by atoms with Gasteiger partial charge in [-0.25, -0.2) is 0 Å². The van der Waals surface area contributed by atoms with Crippen LogP contribution in [-0.4, -0.2) is 21.7 Å². The highest BCUT2D eigenvalue weighted by Crippen LogP contribution is 2.31. The molecule has 0 bridgehead atoms. The van der Waals surface area contributed by atoms with E-state index in [2.05, 4.69) is 22.4 Å². The molecule has 2 aromatic rings. The van der Waals surface area contributed by atoms with Crippen LogP contribution in [0.2, 0.25) is 5.02 Å². The second-order valence-electron chi connectivity index (χ2n) is 4.54. The average Bonchev–Trinajstić information content (AvgIpc) is 2.94. The zero-order valence-corrected chi connectivity index (χ0v) is 12.4. The smallest absolute Gasteiger partial charge is 0.283 e. The predicted octanol–water partition coefficient (Wildman–Crippen LogP) is 3.36. The molecule has 0 aliphatic carbocycles. The Kier molecular flexibility index (Phi) is 4.87. The van der Waals surface area contributed by atoms with Crippen LogP contribution in [-0.2, 0) is 0 Å². The highest BCUT2D eigenvalue weighted by atomic mass is 35.5. The molecular formula is C13H15ClN4O3. The normalized spacial score (nSPS) is 12.3. The highest BCUT2D eigenvalue weighted by molar-refractivity contribution is 6.30. The van der Waals surface area contributed by atoms with Gasteiger partial charge < -0.3 is 9.73 Å². The van der Waals surface area contributed by atoms with E-state index in [9.17, 15) is 10.1 Å². The number of hydrogen-bond donors (Lipinski definition) is 1. The first-order chi connectivity index (χ1) is 10.0. The molecule has 1 unspecified atom stereocenters. The first-order valence-corrected chi connectivity index (χ1v) is 6.91. The van der Waals surface area contributed by atoms with Gasteiger partial charge in [-0.3, -0.25) is 10.1 Å². The molecule has 21 heavy (non-hydrogen) atoms. The second kappa shape index (κ2) is 6.64. The van der Waals surface area contributed by atoms with E-state index < -0.39 is 4.92 Å². The Balaban J connectivity index is 2.31. The third-order valence-electron chi connectivity index (χ3n) is 2.90. The van der Waals surface area contributed by atoms with Crippen molar-refractivity contribution in [2.24, 2.45) is 0 Å². The van der Waals surface area contributed by atoms with Crippen molar-refractivity contribution < 1.29 is 9.34 Å². The van der Waals surface area contributed by atoms with Gasteiger partial charge in [-0.2, -0.15) is 0 Å². The summed E-state index contributed by atoms with van der Waals surface area (Å²) in [5.41, 5.74) is 0.0951. The highest BCUT2D eigenvalue weighted by Gasteiger charge is 2.22. The maximum atomic E-state index is 11.1. The van der Waals surface area contributed by atoms with Crippen molar-refractivity contribution in [3.8, 4) is 11.5 Å². The molecule has 1 atom stereocenters. The summed E-state index contributed by atoms with van der Waals surface area (Å²) in [7, 11) is 0. The zero-order chi connectivity index (χ0) is 15.4. The minimum atomic E-state index is -0.524. The van der Waals surface area contributed by atoms with E-state index in [0.717, 1.165) is 13.0 Å². The Labute approximate surface area is 126 Å². The quantitative estimate of drug-likeness (QED) is 0.649. The van der Waals surface area contributed by atoms with E-state index >= 15 is 0 Å². The monoisotopic (exact) mass is 310 g/mol. The first-order valence-electron chi connectivity index (χ1n) is 6.54. The van der Waals surface area contributed by atoms with Crippen molar-refractivity contribution in [1.29, 1.82) is 0 Å². The van der Waals surface area contributed by atoms with Gasteiger partial charge in [-0.05, 0) is 32.0 Å². The molecule has 7 nitrogen and oxygen atoms in total. The minimum absolute atomic E-state index is 0.110. The summed E-state index contributed by atoms with van der Waals surface area (Å²) in [5.74, 6) is 0.501. The molecule has 0 aliphatic rings. The van der Waals surface area contributed by atoms with Crippen LogP contribution in [0.15, 0.2) is 22.6 Å². The minimum Gasteiger partial charge on any atom is -0.419 e. The van der Waals surface area contributed by atoms with Crippen molar-refractivity contribution in [3.63, 3.8) is 0 Å². The van der Waals surface area contributed by atoms with Gasteiger partial charge in [0.25, 0.3) is 11.6 Å². The molecule has 1 heterocycles. The number of nitro benzene ring substituents is 1. The number of hydrogen-bond acceptors (Lipinski definition) is 6. The van der Waals surface area contributed by atoms with Crippen molar-refractivity contribution in [3.05, 3.63) is 39.2 Å². The summed E-state index contributed by atoms with van der Waals surface area (Å²) in [6.45, 7) is 4.76. The lowest BCUT2D eigenvalue weighted by molar-refractivity contribution is -0.384. The largest absolute Gasteiger partial charge is 0.419 e. The van der Waals surface area contributed by atoms with Crippen LogP contribution in [0.25, 0.3) is 11.5 Å². The third kappa shape index (κ3) is 3.56. The van der Waals surface area contributed by atoms with Gasteiger partial charge in [0.2, 0.25) is 5.89 Å². The van der Waals surface area contributed by atoms with E-state index in [0.29, 0.717) is 5.89 Å². The Morgan fingerprint density at radius 3 is 2.90 bits per heavy atom. The number of benzene rings is 1. The Morgan fingerprint density at radius 1 is 1.48 bits per heavy atom. The number of nitrogens with zero attached hydrogens (tertiary/aromatic N) is 3. The second-order valence-corrected chi connectivity index (χ2v) is 4.98. The van der Waals surface area contributed by atoms with Crippen molar-refractivity contribution in [1.82, 2.24) is 15.5 Å². The summed E-state index contributed by atoms with van der Waals surface area (Å²) in [5, 5.41) is 22.4. The van der Waals surface area contributed by atoms with Gasteiger partial charge in [-0.1, -0.05) is 18.5 Å². The fraction of sp³-hybridized carbons (Fsp3) is 0.385. The molecule has 112 valence electrons. The van der Waals surface area contributed by atoms with Crippen LogP contribution in [0.3, 0.4) is 0 Å². The van der Waals surface area contributed by atoms with E-state index in [1.807, 2.05) is 6.92 Å². The Morgan fingerprint density at radius 2 is 2.24 bits per heavy atom. The van der Waals surface area contributed by atoms with Crippen LogP contribution in [0.1, 0.15) is 32.2 Å². The first kappa shape index (κ1) is 15.4. The lowest BCUT2D eigenvalue weighted by Crippen LogP contribution is -2.19. The Bertz CT molecular complexity index is 644. The van der Waals surface area contributed by atoms with Crippen LogP contribution < -0.4 is 5.32 Å². The van der Waals surface area contributed by atoms with Crippen molar-refractivity contribution in [2.75, 3.05) is 6.54 Å². The molecule has 0 aliphatic heterocycles. The molecule has 0 amide bonds. The molecule has 8 heteroatoms. The van der Waals surface area contributed by atoms with Gasteiger partial charge in [-0.15, -0.1) is 10.2 Å². The average molecular weight is 311 g/mol. The summed E-state index contributed by atoms with van der Waals surface area (Å²) in [6, 6.07) is 4.20. The van der Waals surface area contributed by atoms with Crippen molar-refractivity contribution in [2.45, 2.75) is 26.3 Å². The van der Waals surface area contributed by atoms with Gasteiger partial charge in [0.05, 0.1) is 11.0 Å². The van der Waals surface area contributed by atoms with E-state index in [1.165, 1.54) is 12.1 Å². The van der Waals surface area contributed by atoms with Crippen LogP contribution in [0.5, 0.6) is 0 Å². The number of nitro groups is 1. The lowest BCUT2D eigenvalue weighted by Gasteiger charge is -2.07. The molecular weight excluding hydrogens is 296 g/mol. The lowest BCUT2D eigenvalue weighted by atomic mass is 10.2. The molecule has 2 rings (SSSR count). The van der Waals surface area contributed by atoms with Crippen LogP contribution >= 0.6 is 11.6 Å². The maximum absolute atomic E-state index is 11.1.